The van der Waals surface area contributed by atoms with Crippen molar-refractivity contribution in [2.24, 2.45) is 17.4 Å². The molecule has 0 aromatic heterocycles. The second kappa shape index (κ2) is 8.78. The minimum Gasteiger partial charge on any atom is -0.446 e. The lowest BCUT2D eigenvalue weighted by Gasteiger charge is -2.46. The molecule has 1 fully saturated rings. The van der Waals surface area contributed by atoms with Crippen molar-refractivity contribution in [1.82, 2.24) is 0 Å². The van der Waals surface area contributed by atoms with Gasteiger partial charge in [0.15, 0.2) is 0 Å². The normalized spacial score (nSPS) is 24.3. The van der Waals surface area contributed by atoms with E-state index in [0.29, 0.717) is 25.7 Å². The molecular weight excluding hydrogens is 356 g/mol. The minimum atomic E-state index is -0.874. The predicted octanol–water partition coefficient (Wildman–Crippen LogP) is 3.57. The summed E-state index contributed by atoms with van der Waals surface area (Å²) in [6.45, 7) is 0. The first-order chi connectivity index (χ1) is 13.5. The van der Waals surface area contributed by atoms with Crippen LogP contribution in [0.1, 0.15) is 30.4 Å². The molecule has 1 saturated carbocycles. The zero-order chi connectivity index (χ0) is 20.0. The fraction of sp³-hybridized carbons (Fsp3) is 0.364. The number of nitrogens with two attached hydrogens (primary N) is 2. The van der Waals surface area contributed by atoms with Crippen LogP contribution in [-0.4, -0.2) is 23.9 Å². The van der Waals surface area contributed by atoms with E-state index in [0.717, 1.165) is 17.5 Å². The average molecular weight is 382 g/mol. The van der Waals surface area contributed by atoms with Gasteiger partial charge in [0, 0.05) is 12.3 Å². The Morgan fingerprint density at radius 1 is 0.929 bits per heavy atom. The Morgan fingerprint density at radius 3 is 2.11 bits per heavy atom. The summed E-state index contributed by atoms with van der Waals surface area (Å²) >= 11 is 0. The maximum Gasteiger partial charge on any atom is 0.405 e. The fourth-order valence-electron chi connectivity index (χ4n) is 4.33. The second-order valence-corrected chi connectivity index (χ2v) is 7.31. The van der Waals surface area contributed by atoms with Gasteiger partial charge in [-0.15, -0.1) is 0 Å². The molecule has 6 nitrogen and oxygen atoms in total. The summed E-state index contributed by atoms with van der Waals surface area (Å²) in [5.74, 6) is -0.260. The number of benzene rings is 2. The molecule has 0 bridgehead atoms. The lowest BCUT2D eigenvalue weighted by molar-refractivity contribution is -0.106. The van der Waals surface area contributed by atoms with Crippen molar-refractivity contribution in [3.05, 3.63) is 71.8 Å². The van der Waals surface area contributed by atoms with Gasteiger partial charge in [-0.2, -0.15) is 0 Å². The predicted molar refractivity (Wildman–Crippen MR) is 105 cm³/mol. The third-order valence-electron chi connectivity index (χ3n) is 5.43. The Balaban J connectivity index is 2.00. The van der Waals surface area contributed by atoms with Crippen LogP contribution in [0.5, 0.6) is 0 Å². The molecule has 148 valence electrons. The van der Waals surface area contributed by atoms with E-state index in [1.807, 2.05) is 60.7 Å². The van der Waals surface area contributed by atoms with Crippen molar-refractivity contribution in [2.75, 3.05) is 0 Å². The number of amides is 2. The number of primary amides is 2. The van der Waals surface area contributed by atoms with Gasteiger partial charge >= 0.3 is 12.2 Å². The van der Waals surface area contributed by atoms with Gasteiger partial charge in [0.05, 0.1) is 0 Å². The van der Waals surface area contributed by atoms with Crippen LogP contribution in [0.2, 0.25) is 0 Å². The van der Waals surface area contributed by atoms with E-state index in [-0.39, 0.29) is 5.92 Å². The van der Waals surface area contributed by atoms with Gasteiger partial charge in [0.1, 0.15) is 11.7 Å². The molecule has 28 heavy (non-hydrogen) atoms. The molecule has 1 aliphatic rings. The van der Waals surface area contributed by atoms with Gasteiger partial charge in [0.2, 0.25) is 0 Å². The Kier molecular flexibility index (Phi) is 6.19. The summed E-state index contributed by atoms with van der Waals surface area (Å²) in [5.41, 5.74) is 12.0. The summed E-state index contributed by atoms with van der Waals surface area (Å²) in [6.07, 6.45) is 1.02. The molecule has 1 aliphatic carbocycles. The SMILES string of the molecule is NC(=O)O[C@H]1CCC[C@@](Cc2ccccc2)(OC(N)=O)C1Cc1ccccc1. The van der Waals surface area contributed by atoms with E-state index in [1.54, 1.807) is 0 Å². The lowest BCUT2D eigenvalue weighted by Crippen LogP contribution is -2.55. The summed E-state index contributed by atoms with van der Waals surface area (Å²) in [5, 5.41) is 0. The van der Waals surface area contributed by atoms with E-state index in [2.05, 4.69) is 0 Å². The molecule has 2 amide bonds. The van der Waals surface area contributed by atoms with Crippen LogP contribution < -0.4 is 11.5 Å². The topological polar surface area (TPSA) is 105 Å². The highest BCUT2D eigenvalue weighted by Gasteiger charge is 2.50. The van der Waals surface area contributed by atoms with Crippen molar-refractivity contribution in [3.8, 4) is 0 Å². The molecule has 3 rings (SSSR count). The van der Waals surface area contributed by atoms with Crippen LogP contribution in [0.3, 0.4) is 0 Å². The molecule has 0 spiro atoms. The van der Waals surface area contributed by atoms with Crippen molar-refractivity contribution in [3.63, 3.8) is 0 Å². The van der Waals surface area contributed by atoms with Crippen LogP contribution in [0.25, 0.3) is 0 Å². The van der Waals surface area contributed by atoms with Crippen LogP contribution in [0.15, 0.2) is 60.7 Å². The van der Waals surface area contributed by atoms with Crippen molar-refractivity contribution >= 4 is 12.2 Å². The number of ether oxygens (including phenoxy) is 2. The number of hydrogen-bond donors (Lipinski definition) is 2. The number of carbonyl (C=O) groups is 2. The zero-order valence-electron chi connectivity index (χ0n) is 15.8. The van der Waals surface area contributed by atoms with Crippen molar-refractivity contribution < 1.29 is 19.1 Å². The minimum absolute atomic E-state index is 0.260. The highest BCUT2D eigenvalue weighted by atomic mass is 16.6. The Bertz CT molecular complexity index is 797. The van der Waals surface area contributed by atoms with Crippen LogP contribution in [0.4, 0.5) is 9.59 Å². The first kappa shape index (κ1) is 19.7. The molecule has 0 saturated heterocycles. The van der Waals surface area contributed by atoms with Gasteiger partial charge < -0.3 is 20.9 Å². The van der Waals surface area contributed by atoms with E-state index < -0.39 is 23.9 Å². The molecule has 0 aliphatic heterocycles. The standard InChI is InChI=1S/C22H26N2O4/c23-20(25)27-19-12-7-13-22(28-21(24)26,15-17-10-5-2-6-11-17)18(19)14-16-8-3-1-4-9-16/h1-6,8-11,18-19H,7,12-15H2,(H2,23,25)(H2,24,26)/t18?,19-,22-/m0/s1. The fourth-order valence-corrected chi connectivity index (χ4v) is 4.33. The monoisotopic (exact) mass is 382 g/mol. The summed E-state index contributed by atoms with van der Waals surface area (Å²) in [4.78, 5) is 23.4. The van der Waals surface area contributed by atoms with Gasteiger partial charge in [0.25, 0.3) is 0 Å². The van der Waals surface area contributed by atoms with Gasteiger partial charge in [-0.1, -0.05) is 60.7 Å². The molecule has 4 N–H and O–H groups in total. The van der Waals surface area contributed by atoms with Gasteiger partial charge in [-0.25, -0.2) is 9.59 Å². The Hall–Kier alpha value is -3.02. The molecular formula is C22H26N2O4. The second-order valence-electron chi connectivity index (χ2n) is 7.31. The maximum absolute atomic E-state index is 11.9. The molecule has 2 aromatic rings. The smallest absolute Gasteiger partial charge is 0.405 e. The zero-order valence-corrected chi connectivity index (χ0v) is 15.8. The molecule has 0 radical (unpaired) electrons. The number of rotatable bonds is 6. The summed E-state index contributed by atoms with van der Waals surface area (Å²) in [6, 6.07) is 19.7. The molecule has 6 heteroatoms. The summed E-state index contributed by atoms with van der Waals surface area (Å²) in [7, 11) is 0. The van der Waals surface area contributed by atoms with Crippen LogP contribution in [0, 0.1) is 5.92 Å². The Labute approximate surface area is 164 Å². The number of carbonyl (C=O) groups excluding carboxylic acids is 2. The maximum atomic E-state index is 11.9. The van der Waals surface area contributed by atoms with Crippen LogP contribution in [-0.2, 0) is 22.3 Å². The lowest BCUT2D eigenvalue weighted by atomic mass is 9.68. The van der Waals surface area contributed by atoms with E-state index >= 15 is 0 Å². The van der Waals surface area contributed by atoms with E-state index in [4.69, 9.17) is 20.9 Å². The van der Waals surface area contributed by atoms with Crippen LogP contribution >= 0.6 is 0 Å². The van der Waals surface area contributed by atoms with Crippen molar-refractivity contribution in [1.29, 1.82) is 0 Å². The average Bonchev–Trinajstić information content (AvgIpc) is 2.65. The van der Waals surface area contributed by atoms with Gasteiger partial charge in [-0.3, -0.25) is 0 Å². The molecule has 2 aromatic carbocycles. The third kappa shape index (κ3) is 4.82. The highest BCUT2D eigenvalue weighted by Crippen LogP contribution is 2.43. The third-order valence-corrected chi connectivity index (χ3v) is 5.43. The first-order valence-corrected chi connectivity index (χ1v) is 9.51. The quantitative estimate of drug-likeness (QED) is 0.797. The van der Waals surface area contributed by atoms with E-state index in [9.17, 15) is 9.59 Å². The van der Waals surface area contributed by atoms with Crippen molar-refractivity contribution in [2.45, 2.75) is 43.8 Å². The largest absolute Gasteiger partial charge is 0.446 e. The Morgan fingerprint density at radius 2 is 1.54 bits per heavy atom. The molecule has 3 atom stereocenters. The highest BCUT2D eigenvalue weighted by molar-refractivity contribution is 5.66. The number of hydrogen-bond acceptors (Lipinski definition) is 4. The first-order valence-electron chi connectivity index (χ1n) is 9.51. The molecule has 1 unspecified atom stereocenters. The molecule has 0 heterocycles. The van der Waals surface area contributed by atoms with E-state index in [1.165, 1.54) is 0 Å². The summed E-state index contributed by atoms with van der Waals surface area (Å²) < 4.78 is 11.2. The van der Waals surface area contributed by atoms with Gasteiger partial charge in [-0.05, 0) is 36.8 Å².